The average molecular weight is 310 g/mol. The topological polar surface area (TPSA) is 166 Å². The Morgan fingerprint density at radius 1 is 0.833 bits per heavy atom. The Kier molecular flexibility index (Phi) is 16.0. The van der Waals surface area contributed by atoms with E-state index in [0.29, 0.717) is 0 Å². The molecule has 0 amide bonds. The van der Waals surface area contributed by atoms with E-state index in [-0.39, 0.29) is 33.3 Å². The second kappa shape index (κ2) is 8.34. The third-order valence-electron chi connectivity index (χ3n) is 0. The zero-order valence-corrected chi connectivity index (χ0v) is 8.73. The molecule has 0 aromatic heterocycles. The van der Waals surface area contributed by atoms with Crippen LogP contribution in [0.4, 0.5) is 0 Å². The summed E-state index contributed by atoms with van der Waals surface area (Å²) in [5.41, 5.74) is 0. The van der Waals surface area contributed by atoms with Gasteiger partial charge in [0, 0.05) is 16.5 Å². The largest absolute Gasteiger partial charge is 2.00 e. The number of nitrogens with two attached hydrogens (primary N) is 2. The van der Waals surface area contributed by atoms with Crippen molar-refractivity contribution in [2.24, 2.45) is 10.3 Å². The molecular weight excluding hydrogens is 306 g/mol. The van der Waals surface area contributed by atoms with Crippen LogP contribution in [0.1, 0.15) is 0 Å². The zero-order valence-electron chi connectivity index (χ0n) is 5.07. The fraction of sp³-hybridized carbons (Fsp3) is 0. The van der Waals surface area contributed by atoms with Gasteiger partial charge in [-0.25, -0.2) is 27.1 Å². The molecule has 0 aliphatic rings. The maximum Gasteiger partial charge on any atom is 2.00 e. The van der Waals surface area contributed by atoms with Gasteiger partial charge >= 0.3 is 16.8 Å². The summed E-state index contributed by atoms with van der Waals surface area (Å²) < 4.78 is 53.1. The summed E-state index contributed by atoms with van der Waals surface area (Å²) in [7, 11) is -8.83. The average Bonchev–Trinajstić information content (AvgIpc) is 1.12. The Bertz CT molecular complexity index is 220. The van der Waals surface area contributed by atoms with E-state index in [4.69, 9.17) is 25.9 Å². The van der Waals surface area contributed by atoms with Gasteiger partial charge in [-0.15, -0.1) is 0 Å². The molecule has 0 spiro atoms. The van der Waals surface area contributed by atoms with Crippen LogP contribution in [0.25, 0.3) is 0 Å². The fourth-order valence-electron chi connectivity index (χ4n) is 0. The van der Waals surface area contributed by atoms with Gasteiger partial charge in [-0.2, -0.15) is 0 Å². The molecule has 0 aliphatic carbocycles. The Morgan fingerprint density at radius 2 is 0.833 bits per heavy atom. The van der Waals surface area contributed by atoms with Gasteiger partial charge in [0.25, 0.3) is 0 Å². The van der Waals surface area contributed by atoms with E-state index in [1.165, 1.54) is 0 Å². The normalized spacial score (nSPS) is 9.67. The van der Waals surface area contributed by atoms with Crippen molar-refractivity contribution in [3.8, 4) is 0 Å². The van der Waals surface area contributed by atoms with E-state index in [1.54, 1.807) is 0 Å². The van der Waals surface area contributed by atoms with E-state index < -0.39 is 20.6 Å². The maximum absolute atomic E-state index is 8.85. The predicted molar refractivity (Wildman–Crippen MR) is 27.8 cm³/mol. The van der Waals surface area contributed by atoms with E-state index in [2.05, 4.69) is 10.3 Å². The van der Waals surface area contributed by atoms with E-state index in [9.17, 15) is 0 Å². The first-order valence-corrected chi connectivity index (χ1v) is 4.41. The Labute approximate surface area is 90.0 Å². The van der Waals surface area contributed by atoms with E-state index >= 15 is 0 Å². The van der Waals surface area contributed by atoms with Crippen molar-refractivity contribution in [1.29, 1.82) is 0 Å². The van der Waals surface area contributed by atoms with Gasteiger partial charge in [-0.1, -0.05) is 0 Å². The molecule has 0 rings (SSSR count). The second-order valence-corrected chi connectivity index (χ2v) is 2.96. The quantitative estimate of drug-likeness (QED) is 0.353. The summed E-state index contributed by atoms with van der Waals surface area (Å²) in [6.45, 7) is 0. The second-order valence-electron chi connectivity index (χ2n) is 0.986. The summed E-state index contributed by atoms with van der Waals surface area (Å²) in [5.74, 6) is 0. The number of hydrogen-bond donors (Lipinski definition) is 2. The van der Waals surface area contributed by atoms with Crippen LogP contribution < -0.4 is 10.3 Å². The van der Waals surface area contributed by atoms with Crippen molar-refractivity contribution in [3.05, 3.63) is 0 Å². The monoisotopic (exact) mass is 309 g/mol. The first-order chi connectivity index (χ1) is 4.00. The predicted octanol–water partition coefficient (Wildman–Crippen LogP) is -3.19. The zero-order chi connectivity index (χ0) is 9.00. The van der Waals surface area contributed by atoms with Crippen molar-refractivity contribution in [2.75, 3.05) is 0 Å². The molecule has 8 nitrogen and oxygen atoms in total. The maximum atomic E-state index is 8.85. The van der Waals surface area contributed by atoms with E-state index in [0.717, 1.165) is 0 Å². The van der Waals surface area contributed by atoms with Crippen LogP contribution in [0.5, 0.6) is 0 Å². The molecule has 12 heteroatoms. The molecular formula is H4CoN2NiO6S2. The molecule has 0 unspecified atom stereocenters. The molecule has 0 saturated carbocycles. The molecule has 0 atom stereocenters. The molecule has 0 aliphatic heterocycles. The third-order valence-corrected chi connectivity index (χ3v) is 0. The Hall–Kier alpha value is 0.740. The molecule has 12 heavy (non-hydrogen) atoms. The fourth-order valence-corrected chi connectivity index (χ4v) is 0. The van der Waals surface area contributed by atoms with Crippen LogP contribution in [0.2, 0.25) is 0 Å². The Morgan fingerprint density at radius 3 is 0.833 bits per heavy atom. The van der Waals surface area contributed by atoms with Crippen LogP contribution in [0.3, 0.4) is 0 Å². The minimum absolute atomic E-state index is 0. The minimum atomic E-state index is -4.42. The van der Waals surface area contributed by atoms with Crippen LogP contribution in [0, 0.1) is 0 Å². The summed E-state index contributed by atoms with van der Waals surface area (Å²) in [6.07, 6.45) is 0. The molecule has 0 saturated heterocycles. The van der Waals surface area contributed by atoms with E-state index in [1.807, 2.05) is 0 Å². The van der Waals surface area contributed by atoms with Crippen molar-refractivity contribution in [3.63, 3.8) is 0 Å². The molecule has 0 aromatic carbocycles. The van der Waals surface area contributed by atoms with Crippen molar-refractivity contribution in [1.82, 2.24) is 0 Å². The van der Waals surface area contributed by atoms with Crippen LogP contribution >= 0.6 is 0 Å². The molecule has 1 radical (unpaired) electrons. The number of rotatable bonds is 0. The Balaban J connectivity index is -0.0000000457. The summed E-state index contributed by atoms with van der Waals surface area (Å²) in [5, 5.41) is 7.54. The van der Waals surface area contributed by atoms with Gasteiger partial charge in [0.15, 0.2) is 20.6 Å². The van der Waals surface area contributed by atoms with Gasteiger partial charge in [0.05, 0.1) is 0 Å². The van der Waals surface area contributed by atoms with Gasteiger partial charge < -0.3 is 9.11 Å². The molecule has 0 heterocycles. The summed E-state index contributed by atoms with van der Waals surface area (Å²) >= 11 is 0. The van der Waals surface area contributed by atoms with Crippen molar-refractivity contribution < 1.29 is 59.2 Å². The first kappa shape index (κ1) is 23.0. The minimum Gasteiger partial charge on any atom is -0.736 e. The molecule has 81 valence electrons. The smallest absolute Gasteiger partial charge is 0.736 e. The van der Waals surface area contributed by atoms with Crippen molar-refractivity contribution >= 4 is 20.6 Å². The SMILES string of the molecule is NS(=O)(=O)[O-].NS(=O)(=O)[O-].[Co+2].[Ni]. The molecule has 0 aromatic rings. The molecule has 0 fully saturated rings. The van der Waals surface area contributed by atoms with Crippen LogP contribution in [-0.4, -0.2) is 25.9 Å². The van der Waals surface area contributed by atoms with Gasteiger partial charge in [0.2, 0.25) is 0 Å². The molecule has 0 bridgehead atoms. The summed E-state index contributed by atoms with van der Waals surface area (Å²) in [6, 6.07) is 0. The number of hydrogen-bond acceptors (Lipinski definition) is 6. The first-order valence-electron chi connectivity index (χ1n) is 1.47. The summed E-state index contributed by atoms with van der Waals surface area (Å²) in [4.78, 5) is 0. The van der Waals surface area contributed by atoms with Crippen molar-refractivity contribution in [2.45, 2.75) is 0 Å². The van der Waals surface area contributed by atoms with Crippen LogP contribution in [0.15, 0.2) is 0 Å². The van der Waals surface area contributed by atoms with Gasteiger partial charge in [-0.3, -0.25) is 0 Å². The van der Waals surface area contributed by atoms with Gasteiger partial charge in [-0.05, 0) is 0 Å². The van der Waals surface area contributed by atoms with Gasteiger partial charge in [0.1, 0.15) is 0 Å². The third kappa shape index (κ3) is 1860. The standard InChI is InChI=1S/Co.2H3NO3S.Ni/c;2*1-5(2,3)4;/h;2*(H3,1,2,3,4);/q+2;;;/p-2. The van der Waals surface area contributed by atoms with Crippen LogP contribution in [-0.2, 0) is 53.9 Å². The molecule has 4 N–H and O–H groups in total.